The first-order chi connectivity index (χ1) is 6.61. The zero-order chi connectivity index (χ0) is 11.0. The van der Waals surface area contributed by atoms with Crippen LogP contribution in [-0.2, 0) is 13.6 Å². The van der Waals surface area contributed by atoms with Crippen LogP contribution < -0.4 is 0 Å². The molecule has 0 aromatic carbocycles. The Kier molecular flexibility index (Phi) is 7.16. The lowest BCUT2D eigenvalue weighted by Gasteiger charge is -2.20. The van der Waals surface area contributed by atoms with Crippen LogP contribution in [0.4, 0.5) is 0 Å². The van der Waals surface area contributed by atoms with Crippen LogP contribution in [0.3, 0.4) is 0 Å². The van der Waals surface area contributed by atoms with Crippen LogP contribution >= 0.6 is 7.60 Å². The van der Waals surface area contributed by atoms with Crippen molar-refractivity contribution in [2.45, 2.75) is 27.2 Å². The SMILES string of the molecule is C=C[C@@H](CC)CP(=O)(OCC)OCC. The van der Waals surface area contributed by atoms with E-state index in [1.165, 1.54) is 0 Å². The van der Waals surface area contributed by atoms with E-state index in [4.69, 9.17) is 9.05 Å². The van der Waals surface area contributed by atoms with Crippen molar-refractivity contribution >= 4 is 7.60 Å². The highest BCUT2D eigenvalue weighted by Crippen LogP contribution is 2.50. The van der Waals surface area contributed by atoms with Crippen molar-refractivity contribution in [1.29, 1.82) is 0 Å². The Bertz CT molecular complexity index is 194. The fraction of sp³-hybridized carbons (Fsp3) is 0.800. The minimum atomic E-state index is -2.88. The Hall–Kier alpha value is -0.110. The fourth-order valence-electron chi connectivity index (χ4n) is 1.19. The third-order valence-electron chi connectivity index (χ3n) is 1.97. The Morgan fingerprint density at radius 3 is 2.07 bits per heavy atom. The van der Waals surface area contributed by atoms with Gasteiger partial charge in [-0.3, -0.25) is 4.57 Å². The highest BCUT2D eigenvalue weighted by atomic mass is 31.2. The number of hydrogen-bond acceptors (Lipinski definition) is 3. The van der Waals surface area contributed by atoms with Crippen molar-refractivity contribution in [3.8, 4) is 0 Å². The van der Waals surface area contributed by atoms with E-state index < -0.39 is 7.60 Å². The first-order valence-electron chi connectivity index (χ1n) is 5.12. The van der Waals surface area contributed by atoms with Gasteiger partial charge in [-0.05, 0) is 26.2 Å². The molecule has 3 nitrogen and oxygen atoms in total. The third kappa shape index (κ3) is 4.94. The zero-order valence-corrected chi connectivity index (χ0v) is 10.3. The zero-order valence-electron chi connectivity index (χ0n) is 9.36. The molecule has 0 saturated carbocycles. The monoisotopic (exact) mass is 220 g/mol. The van der Waals surface area contributed by atoms with Crippen LogP contribution in [-0.4, -0.2) is 19.4 Å². The van der Waals surface area contributed by atoms with Gasteiger partial charge in [-0.15, -0.1) is 6.58 Å². The van der Waals surface area contributed by atoms with Crippen LogP contribution in [0.1, 0.15) is 27.2 Å². The van der Waals surface area contributed by atoms with Crippen molar-refractivity contribution in [1.82, 2.24) is 0 Å². The Morgan fingerprint density at radius 1 is 1.29 bits per heavy atom. The number of allylic oxidation sites excluding steroid dienone is 1. The first kappa shape index (κ1) is 13.9. The highest BCUT2D eigenvalue weighted by molar-refractivity contribution is 7.53. The second-order valence-electron chi connectivity index (χ2n) is 3.03. The Morgan fingerprint density at radius 2 is 1.79 bits per heavy atom. The maximum Gasteiger partial charge on any atom is 0.331 e. The normalized spacial score (nSPS) is 13.9. The van der Waals surface area contributed by atoms with Crippen LogP contribution in [0.15, 0.2) is 12.7 Å². The molecule has 0 fully saturated rings. The third-order valence-corrected chi connectivity index (χ3v) is 4.19. The van der Waals surface area contributed by atoms with Crippen molar-refractivity contribution in [2.75, 3.05) is 19.4 Å². The van der Waals surface area contributed by atoms with Crippen LogP contribution in [0.25, 0.3) is 0 Å². The van der Waals surface area contributed by atoms with E-state index in [2.05, 4.69) is 6.58 Å². The molecule has 0 aliphatic rings. The summed E-state index contributed by atoms with van der Waals surface area (Å²) in [7, 11) is -2.88. The molecule has 0 aromatic rings. The van der Waals surface area contributed by atoms with E-state index >= 15 is 0 Å². The molecule has 4 heteroatoms. The van der Waals surface area contributed by atoms with E-state index in [1.54, 1.807) is 0 Å². The minimum Gasteiger partial charge on any atom is -0.309 e. The summed E-state index contributed by atoms with van der Waals surface area (Å²) in [5, 5.41) is 0. The van der Waals surface area contributed by atoms with Gasteiger partial charge in [0.05, 0.1) is 19.4 Å². The average molecular weight is 220 g/mol. The van der Waals surface area contributed by atoms with Gasteiger partial charge in [0.15, 0.2) is 0 Å². The standard InChI is InChI=1S/C10H21O3P/c1-5-10(6-2)9-14(11,12-7-3)13-8-4/h5,10H,1,6-9H2,2-4H3/t10-/m0/s1. The summed E-state index contributed by atoms with van der Waals surface area (Å²) < 4.78 is 22.4. The molecule has 0 unspecified atom stereocenters. The predicted molar refractivity (Wildman–Crippen MR) is 59.7 cm³/mol. The second-order valence-corrected chi connectivity index (χ2v) is 5.14. The fourth-order valence-corrected chi connectivity index (χ4v) is 3.25. The number of rotatable bonds is 8. The van der Waals surface area contributed by atoms with Gasteiger partial charge in [0.2, 0.25) is 0 Å². The number of hydrogen-bond donors (Lipinski definition) is 0. The molecule has 1 atom stereocenters. The summed E-state index contributed by atoms with van der Waals surface area (Å²) in [6, 6.07) is 0. The summed E-state index contributed by atoms with van der Waals surface area (Å²) in [5.41, 5.74) is 0. The first-order valence-corrected chi connectivity index (χ1v) is 6.85. The van der Waals surface area contributed by atoms with Gasteiger partial charge < -0.3 is 9.05 Å². The predicted octanol–water partition coefficient (Wildman–Crippen LogP) is 3.46. The Labute approximate surface area is 87.0 Å². The van der Waals surface area contributed by atoms with Gasteiger partial charge in [-0.2, -0.15) is 0 Å². The van der Waals surface area contributed by atoms with Gasteiger partial charge >= 0.3 is 7.60 Å². The van der Waals surface area contributed by atoms with Gasteiger partial charge in [-0.25, -0.2) is 0 Å². The summed E-state index contributed by atoms with van der Waals surface area (Å²) in [5.74, 6) is 0.207. The van der Waals surface area contributed by atoms with E-state index in [1.807, 2.05) is 26.8 Å². The average Bonchev–Trinajstić information content (AvgIpc) is 2.15. The summed E-state index contributed by atoms with van der Waals surface area (Å²) in [6.07, 6.45) is 3.16. The molecule has 14 heavy (non-hydrogen) atoms. The lowest BCUT2D eigenvalue weighted by molar-refractivity contribution is 0.217. The molecule has 0 heterocycles. The molecule has 0 radical (unpaired) electrons. The van der Waals surface area contributed by atoms with E-state index in [-0.39, 0.29) is 5.92 Å². The molecule has 0 aromatic heterocycles. The van der Waals surface area contributed by atoms with Crippen LogP contribution in [0, 0.1) is 5.92 Å². The van der Waals surface area contributed by atoms with Gasteiger partial charge in [0, 0.05) is 0 Å². The van der Waals surface area contributed by atoms with Crippen molar-refractivity contribution in [2.24, 2.45) is 5.92 Å². The lowest BCUT2D eigenvalue weighted by atomic mass is 10.1. The highest BCUT2D eigenvalue weighted by Gasteiger charge is 2.26. The smallest absolute Gasteiger partial charge is 0.309 e. The Balaban J connectivity index is 4.33. The van der Waals surface area contributed by atoms with Crippen LogP contribution in [0.2, 0.25) is 0 Å². The molecule has 0 aliphatic carbocycles. The minimum absolute atomic E-state index is 0.207. The molecule has 0 saturated heterocycles. The largest absolute Gasteiger partial charge is 0.331 e. The molecule has 0 bridgehead atoms. The maximum absolute atomic E-state index is 12.0. The van der Waals surface area contributed by atoms with Crippen LogP contribution in [0.5, 0.6) is 0 Å². The quantitative estimate of drug-likeness (QED) is 0.464. The molecular weight excluding hydrogens is 199 g/mol. The molecule has 0 amide bonds. The summed E-state index contributed by atoms with van der Waals surface area (Å²) in [6.45, 7) is 10.2. The topological polar surface area (TPSA) is 35.5 Å². The van der Waals surface area contributed by atoms with Gasteiger partial charge in [0.1, 0.15) is 0 Å². The van der Waals surface area contributed by atoms with Crippen molar-refractivity contribution < 1.29 is 13.6 Å². The van der Waals surface area contributed by atoms with Crippen molar-refractivity contribution in [3.05, 3.63) is 12.7 Å². The molecular formula is C10H21O3P. The molecule has 84 valence electrons. The lowest BCUT2D eigenvalue weighted by Crippen LogP contribution is -2.07. The summed E-state index contributed by atoms with van der Waals surface area (Å²) in [4.78, 5) is 0. The molecule has 0 aliphatic heterocycles. The van der Waals surface area contributed by atoms with E-state index in [0.29, 0.717) is 19.4 Å². The van der Waals surface area contributed by atoms with Gasteiger partial charge in [0.25, 0.3) is 0 Å². The molecule has 0 N–H and O–H groups in total. The van der Waals surface area contributed by atoms with Crippen molar-refractivity contribution in [3.63, 3.8) is 0 Å². The van der Waals surface area contributed by atoms with Gasteiger partial charge in [-0.1, -0.05) is 13.0 Å². The second kappa shape index (κ2) is 7.22. The summed E-state index contributed by atoms with van der Waals surface area (Å²) >= 11 is 0. The maximum atomic E-state index is 12.0. The molecule has 0 rings (SSSR count). The van der Waals surface area contributed by atoms with E-state index in [9.17, 15) is 4.57 Å². The molecule has 0 spiro atoms. The van der Waals surface area contributed by atoms with E-state index in [0.717, 1.165) is 6.42 Å².